The summed E-state index contributed by atoms with van der Waals surface area (Å²) >= 11 is 0. The number of ether oxygens (including phenoxy) is 1. The van der Waals surface area contributed by atoms with E-state index < -0.39 is 30.4 Å². The SMILES string of the molecule is CCCCC(O)C(O)C(O)C1CC=CC(=O)O1. The zero-order valence-electron chi connectivity index (χ0n) is 9.95. The lowest BCUT2D eigenvalue weighted by atomic mass is 9.97. The Bertz CT molecular complexity index is 276. The van der Waals surface area contributed by atoms with E-state index in [2.05, 4.69) is 0 Å². The number of unbranched alkanes of at least 4 members (excludes halogenated alkanes) is 1. The van der Waals surface area contributed by atoms with E-state index in [1.165, 1.54) is 6.08 Å². The molecular weight excluding hydrogens is 224 g/mol. The fourth-order valence-electron chi connectivity index (χ4n) is 1.78. The van der Waals surface area contributed by atoms with Gasteiger partial charge in [-0.1, -0.05) is 25.8 Å². The van der Waals surface area contributed by atoms with E-state index in [1.54, 1.807) is 6.08 Å². The summed E-state index contributed by atoms with van der Waals surface area (Å²) in [6.45, 7) is 1.98. The molecule has 0 amide bonds. The minimum absolute atomic E-state index is 0.352. The van der Waals surface area contributed by atoms with Gasteiger partial charge in [-0.2, -0.15) is 0 Å². The molecule has 0 saturated carbocycles. The Balaban J connectivity index is 2.47. The maximum atomic E-state index is 11.0. The van der Waals surface area contributed by atoms with Crippen molar-refractivity contribution in [1.82, 2.24) is 0 Å². The van der Waals surface area contributed by atoms with Gasteiger partial charge in [0.2, 0.25) is 0 Å². The predicted octanol–water partition coefficient (Wildman–Crippen LogP) is 0.131. The highest BCUT2D eigenvalue weighted by atomic mass is 16.6. The van der Waals surface area contributed by atoms with Crippen molar-refractivity contribution in [2.45, 2.75) is 57.0 Å². The van der Waals surface area contributed by atoms with Crippen LogP contribution in [-0.4, -0.2) is 45.7 Å². The number of carbonyl (C=O) groups excluding carboxylic acids is 1. The lowest BCUT2D eigenvalue weighted by Crippen LogP contribution is -2.46. The second kappa shape index (κ2) is 6.74. The molecule has 3 N–H and O–H groups in total. The lowest BCUT2D eigenvalue weighted by molar-refractivity contribution is -0.161. The van der Waals surface area contributed by atoms with Crippen LogP contribution in [0.1, 0.15) is 32.6 Å². The molecule has 1 rings (SSSR count). The average Bonchev–Trinajstić information content (AvgIpc) is 2.34. The summed E-state index contributed by atoms with van der Waals surface area (Å²) in [7, 11) is 0. The number of rotatable bonds is 6. The van der Waals surface area contributed by atoms with Gasteiger partial charge in [0.25, 0.3) is 0 Å². The molecule has 0 aromatic heterocycles. The molecule has 5 nitrogen and oxygen atoms in total. The number of aliphatic hydroxyl groups is 3. The summed E-state index contributed by atoms with van der Waals surface area (Å²) in [5.74, 6) is -0.532. The Morgan fingerprint density at radius 1 is 1.47 bits per heavy atom. The van der Waals surface area contributed by atoms with Crippen LogP contribution in [0.5, 0.6) is 0 Å². The monoisotopic (exact) mass is 244 g/mol. The topological polar surface area (TPSA) is 87.0 Å². The van der Waals surface area contributed by atoms with Crippen LogP contribution in [0.3, 0.4) is 0 Å². The summed E-state index contributed by atoms with van der Waals surface area (Å²) in [4.78, 5) is 11.0. The molecular formula is C12H20O5. The van der Waals surface area contributed by atoms with Crippen molar-refractivity contribution in [2.75, 3.05) is 0 Å². The minimum Gasteiger partial charge on any atom is -0.456 e. The average molecular weight is 244 g/mol. The van der Waals surface area contributed by atoms with E-state index in [1.807, 2.05) is 6.92 Å². The first-order valence-corrected chi connectivity index (χ1v) is 5.97. The quantitative estimate of drug-likeness (QED) is 0.578. The van der Waals surface area contributed by atoms with Crippen LogP contribution in [0.15, 0.2) is 12.2 Å². The van der Waals surface area contributed by atoms with Crippen molar-refractivity contribution in [3.05, 3.63) is 12.2 Å². The van der Waals surface area contributed by atoms with Crippen LogP contribution in [0.25, 0.3) is 0 Å². The molecule has 17 heavy (non-hydrogen) atoms. The maximum absolute atomic E-state index is 11.0. The van der Waals surface area contributed by atoms with Crippen molar-refractivity contribution in [1.29, 1.82) is 0 Å². The van der Waals surface area contributed by atoms with Gasteiger partial charge in [-0.05, 0) is 6.42 Å². The molecule has 0 aromatic rings. The van der Waals surface area contributed by atoms with E-state index in [4.69, 9.17) is 4.74 Å². The molecule has 98 valence electrons. The third-order valence-electron chi connectivity index (χ3n) is 2.87. The highest BCUT2D eigenvalue weighted by Gasteiger charge is 2.33. The van der Waals surface area contributed by atoms with Gasteiger partial charge in [-0.3, -0.25) is 0 Å². The largest absolute Gasteiger partial charge is 0.456 e. The Hall–Kier alpha value is -0.910. The van der Waals surface area contributed by atoms with Crippen molar-refractivity contribution < 1.29 is 24.9 Å². The van der Waals surface area contributed by atoms with Gasteiger partial charge in [-0.15, -0.1) is 0 Å². The van der Waals surface area contributed by atoms with Gasteiger partial charge in [0, 0.05) is 12.5 Å². The van der Waals surface area contributed by atoms with Crippen LogP contribution in [-0.2, 0) is 9.53 Å². The van der Waals surface area contributed by atoms with Gasteiger partial charge in [-0.25, -0.2) is 4.79 Å². The normalized spacial score (nSPS) is 25.2. The Morgan fingerprint density at radius 2 is 2.18 bits per heavy atom. The van der Waals surface area contributed by atoms with Crippen LogP contribution in [0, 0.1) is 0 Å². The van der Waals surface area contributed by atoms with Crippen LogP contribution >= 0.6 is 0 Å². The molecule has 0 fully saturated rings. The molecule has 4 unspecified atom stereocenters. The third-order valence-corrected chi connectivity index (χ3v) is 2.87. The fraction of sp³-hybridized carbons (Fsp3) is 0.750. The zero-order chi connectivity index (χ0) is 12.8. The van der Waals surface area contributed by atoms with E-state index in [0.29, 0.717) is 12.8 Å². The number of hydrogen-bond acceptors (Lipinski definition) is 5. The van der Waals surface area contributed by atoms with Gasteiger partial charge < -0.3 is 20.1 Å². The number of hydrogen-bond donors (Lipinski definition) is 3. The van der Waals surface area contributed by atoms with Gasteiger partial charge in [0.1, 0.15) is 18.3 Å². The first-order valence-electron chi connectivity index (χ1n) is 5.97. The van der Waals surface area contributed by atoms with Crippen molar-refractivity contribution in [3.63, 3.8) is 0 Å². The Kier molecular flexibility index (Phi) is 5.61. The summed E-state index contributed by atoms with van der Waals surface area (Å²) in [5.41, 5.74) is 0. The number of esters is 1. The summed E-state index contributed by atoms with van der Waals surface area (Å²) in [6, 6.07) is 0. The van der Waals surface area contributed by atoms with Crippen LogP contribution < -0.4 is 0 Å². The van der Waals surface area contributed by atoms with E-state index >= 15 is 0 Å². The zero-order valence-corrected chi connectivity index (χ0v) is 9.95. The molecule has 0 bridgehead atoms. The molecule has 4 atom stereocenters. The van der Waals surface area contributed by atoms with E-state index in [-0.39, 0.29) is 0 Å². The van der Waals surface area contributed by atoms with Gasteiger partial charge in [0.05, 0.1) is 6.10 Å². The minimum atomic E-state index is -1.29. The fourth-order valence-corrected chi connectivity index (χ4v) is 1.78. The summed E-state index contributed by atoms with van der Waals surface area (Å²) in [5, 5.41) is 29.2. The highest BCUT2D eigenvalue weighted by Crippen LogP contribution is 2.17. The molecule has 0 radical (unpaired) electrons. The molecule has 0 spiro atoms. The first-order chi connectivity index (χ1) is 8.06. The van der Waals surface area contributed by atoms with Gasteiger partial charge in [0.15, 0.2) is 0 Å². The smallest absolute Gasteiger partial charge is 0.330 e. The number of cyclic esters (lactones) is 1. The molecule has 0 saturated heterocycles. The van der Waals surface area contributed by atoms with Crippen molar-refractivity contribution >= 4 is 5.97 Å². The first kappa shape index (κ1) is 14.2. The van der Waals surface area contributed by atoms with Crippen molar-refractivity contribution in [3.8, 4) is 0 Å². The van der Waals surface area contributed by atoms with E-state index in [0.717, 1.165) is 12.8 Å². The number of aliphatic hydroxyl groups excluding tert-OH is 3. The molecule has 1 aliphatic heterocycles. The maximum Gasteiger partial charge on any atom is 0.330 e. The van der Waals surface area contributed by atoms with Crippen LogP contribution in [0.4, 0.5) is 0 Å². The Labute approximate surface area is 101 Å². The predicted molar refractivity (Wildman–Crippen MR) is 61.2 cm³/mol. The van der Waals surface area contributed by atoms with Gasteiger partial charge >= 0.3 is 5.97 Å². The molecule has 0 aromatic carbocycles. The second-order valence-corrected chi connectivity index (χ2v) is 4.30. The molecule has 1 heterocycles. The molecule has 0 aliphatic carbocycles. The third kappa shape index (κ3) is 4.11. The number of carbonyl (C=O) groups is 1. The Morgan fingerprint density at radius 3 is 2.76 bits per heavy atom. The second-order valence-electron chi connectivity index (χ2n) is 4.30. The standard InChI is InChI=1S/C12H20O5/c1-2-3-5-8(13)11(15)12(16)9-6-4-7-10(14)17-9/h4,7-9,11-13,15-16H,2-3,5-6H2,1H3. The molecule has 1 aliphatic rings. The lowest BCUT2D eigenvalue weighted by Gasteiger charge is -2.29. The summed E-state index contributed by atoms with van der Waals surface area (Å²) < 4.78 is 4.88. The van der Waals surface area contributed by atoms with Crippen LogP contribution in [0.2, 0.25) is 0 Å². The van der Waals surface area contributed by atoms with Crippen molar-refractivity contribution in [2.24, 2.45) is 0 Å². The molecule has 5 heteroatoms. The van der Waals surface area contributed by atoms with E-state index in [9.17, 15) is 20.1 Å². The highest BCUT2D eigenvalue weighted by molar-refractivity contribution is 5.82. The summed E-state index contributed by atoms with van der Waals surface area (Å²) in [6.07, 6.45) is 1.01.